The summed E-state index contributed by atoms with van der Waals surface area (Å²) in [6.07, 6.45) is 2.73. The van der Waals surface area contributed by atoms with E-state index in [4.69, 9.17) is 5.73 Å². The fraction of sp³-hybridized carbons (Fsp3) is 0.357. The fourth-order valence-corrected chi connectivity index (χ4v) is 3.29. The maximum Gasteiger partial charge on any atom is 0.237 e. The topological polar surface area (TPSA) is 89.3 Å². The minimum Gasteiger partial charge on any atom is -0.347 e. The lowest BCUT2D eigenvalue weighted by Gasteiger charge is -2.15. The summed E-state index contributed by atoms with van der Waals surface area (Å²) < 4.78 is 22.5. The standard InChI is InChI=1S/C14H18N2O3S/c15-13(7-6-11-4-2-1-3-5-11)14(17)16-12-8-9-20(18,19)10-12/h1-5,8-9,12-13H,6-7,10,15H2,(H,16,17). The smallest absolute Gasteiger partial charge is 0.237 e. The highest BCUT2D eigenvalue weighted by atomic mass is 32.2. The maximum atomic E-state index is 11.9. The summed E-state index contributed by atoms with van der Waals surface area (Å²) in [4.78, 5) is 11.9. The first kappa shape index (κ1) is 14.7. The van der Waals surface area contributed by atoms with Crippen LogP contribution in [0.1, 0.15) is 12.0 Å². The average Bonchev–Trinajstić information content (AvgIpc) is 2.76. The van der Waals surface area contributed by atoms with Crippen molar-refractivity contribution in [2.75, 3.05) is 5.75 Å². The number of rotatable bonds is 5. The fourth-order valence-electron chi connectivity index (χ4n) is 2.05. The SMILES string of the molecule is NC(CCc1ccccc1)C(=O)NC1C=CS(=O)(=O)C1. The van der Waals surface area contributed by atoms with Gasteiger partial charge in [0.1, 0.15) is 0 Å². The molecule has 108 valence electrons. The maximum absolute atomic E-state index is 11.9. The van der Waals surface area contributed by atoms with Gasteiger partial charge in [-0.1, -0.05) is 30.3 Å². The van der Waals surface area contributed by atoms with E-state index in [2.05, 4.69) is 5.32 Å². The van der Waals surface area contributed by atoms with Gasteiger partial charge in [0.05, 0.1) is 17.8 Å². The predicted octanol–water partition coefficient (Wildman–Crippen LogP) is 0.373. The summed E-state index contributed by atoms with van der Waals surface area (Å²) in [6.45, 7) is 0. The van der Waals surface area contributed by atoms with E-state index in [9.17, 15) is 13.2 Å². The molecule has 1 aromatic rings. The van der Waals surface area contributed by atoms with Crippen LogP contribution in [0, 0.1) is 0 Å². The first-order chi connectivity index (χ1) is 9.46. The van der Waals surface area contributed by atoms with Crippen molar-refractivity contribution in [3.63, 3.8) is 0 Å². The van der Waals surface area contributed by atoms with Gasteiger partial charge in [0.25, 0.3) is 0 Å². The number of sulfone groups is 1. The lowest BCUT2D eigenvalue weighted by Crippen LogP contribution is -2.45. The molecule has 2 atom stereocenters. The molecule has 0 spiro atoms. The second kappa shape index (κ2) is 6.19. The van der Waals surface area contributed by atoms with Crippen molar-refractivity contribution in [1.82, 2.24) is 5.32 Å². The number of carbonyl (C=O) groups excluding carboxylic acids is 1. The van der Waals surface area contributed by atoms with Gasteiger partial charge < -0.3 is 11.1 Å². The molecule has 1 aromatic carbocycles. The summed E-state index contributed by atoms with van der Waals surface area (Å²) >= 11 is 0. The third-order valence-electron chi connectivity index (χ3n) is 3.18. The quantitative estimate of drug-likeness (QED) is 0.821. The number of nitrogens with one attached hydrogen (secondary N) is 1. The van der Waals surface area contributed by atoms with E-state index in [0.29, 0.717) is 12.8 Å². The van der Waals surface area contributed by atoms with Crippen molar-refractivity contribution in [1.29, 1.82) is 0 Å². The Kier molecular flexibility index (Phi) is 4.57. The van der Waals surface area contributed by atoms with Crippen LogP contribution in [0.3, 0.4) is 0 Å². The molecule has 0 fully saturated rings. The van der Waals surface area contributed by atoms with Crippen molar-refractivity contribution in [2.24, 2.45) is 5.73 Å². The molecule has 2 rings (SSSR count). The zero-order valence-corrected chi connectivity index (χ0v) is 11.8. The number of carbonyl (C=O) groups is 1. The van der Waals surface area contributed by atoms with E-state index in [0.717, 1.165) is 11.0 Å². The van der Waals surface area contributed by atoms with E-state index in [1.165, 1.54) is 6.08 Å². The van der Waals surface area contributed by atoms with Gasteiger partial charge in [0.2, 0.25) is 5.91 Å². The van der Waals surface area contributed by atoms with Gasteiger partial charge >= 0.3 is 0 Å². The molecule has 0 radical (unpaired) electrons. The molecule has 3 N–H and O–H groups in total. The monoisotopic (exact) mass is 294 g/mol. The summed E-state index contributed by atoms with van der Waals surface area (Å²) in [5.41, 5.74) is 6.95. The zero-order valence-electron chi connectivity index (χ0n) is 11.0. The van der Waals surface area contributed by atoms with Gasteiger partial charge in [-0.15, -0.1) is 0 Å². The van der Waals surface area contributed by atoms with Gasteiger partial charge in [0, 0.05) is 5.41 Å². The van der Waals surface area contributed by atoms with Crippen LogP contribution in [0.15, 0.2) is 41.8 Å². The van der Waals surface area contributed by atoms with Crippen molar-refractivity contribution in [3.8, 4) is 0 Å². The van der Waals surface area contributed by atoms with Crippen LogP contribution in [-0.4, -0.2) is 32.2 Å². The number of amides is 1. The lowest BCUT2D eigenvalue weighted by molar-refractivity contribution is -0.122. The zero-order chi connectivity index (χ0) is 14.6. The summed E-state index contributed by atoms with van der Waals surface area (Å²) in [7, 11) is -3.16. The van der Waals surface area contributed by atoms with Crippen LogP contribution < -0.4 is 11.1 Å². The van der Waals surface area contributed by atoms with E-state index in [1.807, 2.05) is 30.3 Å². The highest BCUT2D eigenvalue weighted by molar-refractivity contribution is 7.94. The highest BCUT2D eigenvalue weighted by Gasteiger charge is 2.24. The van der Waals surface area contributed by atoms with Crippen LogP contribution >= 0.6 is 0 Å². The number of hydrogen-bond donors (Lipinski definition) is 2. The third-order valence-corrected chi connectivity index (χ3v) is 4.58. The van der Waals surface area contributed by atoms with Crippen LogP contribution in [-0.2, 0) is 21.1 Å². The molecule has 6 heteroatoms. The van der Waals surface area contributed by atoms with Crippen LogP contribution in [0.2, 0.25) is 0 Å². The largest absolute Gasteiger partial charge is 0.347 e. The molecule has 20 heavy (non-hydrogen) atoms. The van der Waals surface area contributed by atoms with Crippen LogP contribution in [0.25, 0.3) is 0 Å². The first-order valence-corrected chi connectivity index (χ1v) is 8.19. The minimum absolute atomic E-state index is 0.0792. The molecule has 0 bridgehead atoms. The Morgan fingerprint density at radius 1 is 1.35 bits per heavy atom. The van der Waals surface area contributed by atoms with E-state index in [1.54, 1.807) is 0 Å². The van der Waals surface area contributed by atoms with Crippen LogP contribution in [0.5, 0.6) is 0 Å². The van der Waals surface area contributed by atoms with Gasteiger partial charge in [-0.2, -0.15) is 0 Å². The number of benzene rings is 1. The Bertz CT molecular complexity index is 596. The van der Waals surface area contributed by atoms with Gasteiger partial charge in [0.15, 0.2) is 9.84 Å². The Morgan fingerprint density at radius 2 is 2.05 bits per heavy atom. The average molecular weight is 294 g/mol. The molecule has 1 aliphatic rings. The Hall–Kier alpha value is -1.66. The highest BCUT2D eigenvalue weighted by Crippen LogP contribution is 2.09. The van der Waals surface area contributed by atoms with E-state index < -0.39 is 21.9 Å². The van der Waals surface area contributed by atoms with Crippen molar-refractivity contribution >= 4 is 15.7 Å². The Morgan fingerprint density at radius 3 is 2.65 bits per heavy atom. The van der Waals surface area contributed by atoms with Crippen LogP contribution in [0.4, 0.5) is 0 Å². The van der Waals surface area contributed by atoms with Gasteiger partial charge in [-0.3, -0.25) is 4.79 Å². The van der Waals surface area contributed by atoms with Crippen molar-refractivity contribution in [2.45, 2.75) is 24.9 Å². The number of hydrogen-bond acceptors (Lipinski definition) is 4. The summed E-state index contributed by atoms with van der Waals surface area (Å²) in [5, 5.41) is 3.77. The lowest BCUT2D eigenvalue weighted by atomic mass is 10.1. The van der Waals surface area contributed by atoms with Crippen molar-refractivity contribution in [3.05, 3.63) is 47.4 Å². The summed E-state index contributed by atoms with van der Waals surface area (Å²) in [6, 6.07) is 8.68. The molecule has 0 saturated carbocycles. The normalized spacial score (nSPS) is 21.6. The molecule has 5 nitrogen and oxygen atoms in total. The molecule has 0 saturated heterocycles. The second-order valence-electron chi connectivity index (χ2n) is 4.90. The molecule has 1 aliphatic heterocycles. The molecule has 0 aromatic heterocycles. The number of nitrogens with two attached hydrogens (primary N) is 1. The van der Waals surface area contributed by atoms with E-state index in [-0.39, 0.29) is 11.7 Å². The Labute approximate surface area is 118 Å². The van der Waals surface area contributed by atoms with Crippen molar-refractivity contribution < 1.29 is 13.2 Å². The Balaban J connectivity index is 1.80. The molecule has 0 aliphatic carbocycles. The molecule has 2 unspecified atom stereocenters. The van der Waals surface area contributed by atoms with Gasteiger partial charge in [-0.25, -0.2) is 8.42 Å². The number of aryl methyl sites for hydroxylation is 1. The molecule has 1 amide bonds. The second-order valence-corrected chi connectivity index (χ2v) is 6.84. The third kappa shape index (κ3) is 4.18. The minimum atomic E-state index is -3.16. The van der Waals surface area contributed by atoms with E-state index >= 15 is 0 Å². The van der Waals surface area contributed by atoms with Gasteiger partial charge in [-0.05, 0) is 24.5 Å². The summed E-state index contributed by atoms with van der Waals surface area (Å²) in [5.74, 6) is -0.392. The predicted molar refractivity (Wildman–Crippen MR) is 77.6 cm³/mol. The first-order valence-electron chi connectivity index (χ1n) is 6.47. The molecule has 1 heterocycles. The molecular weight excluding hydrogens is 276 g/mol. The molecular formula is C14H18N2O3S.